The second kappa shape index (κ2) is 5.82. The van der Waals surface area contributed by atoms with Gasteiger partial charge in [-0.1, -0.05) is 29.8 Å². The summed E-state index contributed by atoms with van der Waals surface area (Å²) < 4.78 is 16.7. The Morgan fingerprint density at radius 3 is 2.64 bits per heavy atom. The number of para-hydroxylation sites is 1. The summed E-state index contributed by atoms with van der Waals surface area (Å²) in [7, 11) is 0. The summed E-state index contributed by atoms with van der Waals surface area (Å²) in [6.07, 6.45) is 1.58. The van der Waals surface area contributed by atoms with Crippen LogP contribution in [0, 0.1) is 12.7 Å². The summed E-state index contributed by atoms with van der Waals surface area (Å²) in [5, 5.41) is 9.68. The second-order valence-electron chi connectivity index (χ2n) is 5.55. The summed E-state index contributed by atoms with van der Waals surface area (Å²) in [6.45, 7) is 1.75. The lowest BCUT2D eigenvalue weighted by Crippen LogP contribution is -2.24. The molecule has 25 heavy (non-hydrogen) atoms. The van der Waals surface area contributed by atoms with Crippen molar-refractivity contribution in [2.24, 2.45) is 0 Å². The molecule has 0 saturated carbocycles. The molecule has 7 heteroatoms. The highest BCUT2D eigenvalue weighted by Gasteiger charge is 2.17. The van der Waals surface area contributed by atoms with Gasteiger partial charge in [0.2, 0.25) is 0 Å². The molecule has 4 rings (SSSR count). The van der Waals surface area contributed by atoms with E-state index in [-0.39, 0.29) is 5.69 Å². The molecular formula is C18H12ClFN4O. The molecule has 2 heterocycles. The number of hydrogen-bond donors (Lipinski definition) is 0. The van der Waals surface area contributed by atoms with Crippen molar-refractivity contribution in [3.8, 4) is 11.4 Å². The zero-order chi connectivity index (χ0) is 17.6. The standard InChI is InChI=1S/C18H12ClFN4O/c1-11-14-10-21-23(13-6-4-5-12(19)9-13)17(14)18(25)24(22-11)16-8-3-2-7-15(16)20/h2-10H,1H3. The molecule has 0 aliphatic heterocycles. The average Bonchev–Trinajstić information content (AvgIpc) is 3.05. The van der Waals surface area contributed by atoms with Crippen LogP contribution in [0.5, 0.6) is 0 Å². The molecule has 0 spiro atoms. The van der Waals surface area contributed by atoms with Crippen LogP contribution in [-0.4, -0.2) is 19.6 Å². The van der Waals surface area contributed by atoms with Crippen molar-refractivity contribution >= 4 is 22.5 Å². The van der Waals surface area contributed by atoms with Crippen LogP contribution in [0.1, 0.15) is 5.69 Å². The first kappa shape index (κ1) is 15.5. The minimum Gasteiger partial charge on any atom is -0.265 e. The quantitative estimate of drug-likeness (QED) is 0.552. The van der Waals surface area contributed by atoms with E-state index >= 15 is 0 Å². The predicted molar refractivity (Wildman–Crippen MR) is 94.2 cm³/mol. The smallest absolute Gasteiger partial charge is 0.265 e. The van der Waals surface area contributed by atoms with Gasteiger partial charge < -0.3 is 0 Å². The summed E-state index contributed by atoms with van der Waals surface area (Å²) in [4.78, 5) is 13.0. The molecule has 2 aromatic heterocycles. The van der Waals surface area contributed by atoms with Crippen LogP contribution in [0.25, 0.3) is 22.3 Å². The highest BCUT2D eigenvalue weighted by molar-refractivity contribution is 6.30. The van der Waals surface area contributed by atoms with Crippen LogP contribution >= 0.6 is 11.6 Å². The largest absolute Gasteiger partial charge is 0.298 e. The zero-order valence-corrected chi connectivity index (χ0v) is 13.9. The van der Waals surface area contributed by atoms with Gasteiger partial charge in [-0.25, -0.2) is 9.07 Å². The second-order valence-corrected chi connectivity index (χ2v) is 5.99. The van der Waals surface area contributed by atoms with Crippen LogP contribution in [0.15, 0.2) is 59.5 Å². The van der Waals surface area contributed by atoms with Crippen molar-refractivity contribution in [3.63, 3.8) is 0 Å². The fourth-order valence-electron chi connectivity index (χ4n) is 2.76. The molecule has 0 atom stereocenters. The Kier molecular flexibility index (Phi) is 3.62. The van der Waals surface area contributed by atoms with Gasteiger partial charge in [0.15, 0.2) is 0 Å². The van der Waals surface area contributed by atoms with Gasteiger partial charge in [0.1, 0.15) is 17.0 Å². The van der Waals surface area contributed by atoms with Gasteiger partial charge in [-0.15, -0.1) is 0 Å². The lowest BCUT2D eigenvalue weighted by molar-refractivity contribution is 0.605. The maximum absolute atomic E-state index is 14.1. The van der Waals surface area contributed by atoms with Crippen molar-refractivity contribution in [1.29, 1.82) is 0 Å². The van der Waals surface area contributed by atoms with E-state index in [2.05, 4.69) is 10.2 Å². The molecule has 0 amide bonds. The van der Waals surface area contributed by atoms with Crippen molar-refractivity contribution in [2.45, 2.75) is 6.92 Å². The molecule has 0 bridgehead atoms. The number of aromatic nitrogens is 4. The highest BCUT2D eigenvalue weighted by atomic mass is 35.5. The number of aryl methyl sites for hydroxylation is 1. The van der Waals surface area contributed by atoms with Gasteiger partial charge >= 0.3 is 0 Å². The average molecular weight is 355 g/mol. The summed E-state index contributed by atoms with van der Waals surface area (Å²) in [6, 6.07) is 13.0. The van der Waals surface area contributed by atoms with Crippen molar-refractivity contribution in [3.05, 3.63) is 81.6 Å². The lowest BCUT2D eigenvalue weighted by Gasteiger charge is -2.09. The monoisotopic (exact) mass is 354 g/mol. The highest BCUT2D eigenvalue weighted by Crippen LogP contribution is 2.21. The Bertz CT molecular complexity index is 1170. The Morgan fingerprint density at radius 2 is 1.88 bits per heavy atom. The molecule has 0 N–H and O–H groups in total. The van der Waals surface area contributed by atoms with Gasteiger partial charge in [0, 0.05) is 10.4 Å². The Labute approximate surface area is 146 Å². The summed E-state index contributed by atoms with van der Waals surface area (Å²) in [5.74, 6) is -0.523. The maximum Gasteiger partial charge on any atom is 0.298 e. The number of halogens is 2. The molecule has 0 aliphatic carbocycles. The molecule has 5 nitrogen and oxygen atoms in total. The van der Waals surface area contributed by atoms with Crippen molar-refractivity contribution in [1.82, 2.24) is 19.6 Å². The fourth-order valence-corrected chi connectivity index (χ4v) is 2.94. The Balaban J connectivity index is 2.07. The van der Waals surface area contributed by atoms with Gasteiger partial charge in [-0.05, 0) is 37.3 Å². The van der Waals surface area contributed by atoms with Gasteiger partial charge in [-0.3, -0.25) is 4.79 Å². The maximum atomic E-state index is 14.1. The predicted octanol–water partition coefficient (Wildman–Crippen LogP) is 3.67. The number of fused-ring (bicyclic) bond motifs is 1. The van der Waals surface area contributed by atoms with Gasteiger partial charge in [0.25, 0.3) is 5.56 Å². The molecule has 0 aliphatic rings. The van der Waals surface area contributed by atoms with Crippen molar-refractivity contribution in [2.75, 3.05) is 0 Å². The third-order valence-corrected chi connectivity index (χ3v) is 4.17. The number of nitrogens with zero attached hydrogens (tertiary/aromatic N) is 4. The molecule has 0 radical (unpaired) electrons. The van der Waals surface area contributed by atoms with E-state index in [1.807, 2.05) is 0 Å². The fraction of sp³-hybridized carbons (Fsp3) is 0.0556. The van der Waals surface area contributed by atoms with E-state index in [9.17, 15) is 9.18 Å². The Hall–Kier alpha value is -2.99. The van der Waals surface area contributed by atoms with Crippen LogP contribution in [0.3, 0.4) is 0 Å². The molecule has 0 saturated heterocycles. The summed E-state index contributed by atoms with van der Waals surface area (Å²) in [5.41, 5.74) is 1.17. The third kappa shape index (κ3) is 2.51. The molecular weight excluding hydrogens is 343 g/mol. The topological polar surface area (TPSA) is 52.7 Å². The minimum absolute atomic E-state index is 0.0938. The molecule has 4 aromatic rings. The first-order valence-corrected chi connectivity index (χ1v) is 7.92. The minimum atomic E-state index is -0.523. The van der Waals surface area contributed by atoms with E-state index in [0.29, 0.717) is 27.3 Å². The normalized spacial score (nSPS) is 11.2. The SMILES string of the molecule is Cc1nn(-c2ccccc2F)c(=O)c2c1cnn2-c1cccc(Cl)c1. The molecule has 0 fully saturated rings. The first-order chi connectivity index (χ1) is 12.1. The molecule has 2 aromatic carbocycles. The number of benzene rings is 2. The van der Waals surface area contributed by atoms with Crippen LogP contribution in [0.2, 0.25) is 5.02 Å². The van der Waals surface area contributed by atoms with Crippen LogP contribution in [0.4, 0.5) is 4.39 Å². The number of hydrogen-bond acceptors (Lipinski definition) is 3. The van der Waals surface area contributed by atoms with E-state index in [0.717, 1.165) is 4.68 Å². The van der Waals surface area contributed by atoms with Crippen LogP contribution in [-0.2, 0) is 0 Å². The summed E-state index contributed by atoms with van der Waals surface area (Å²) >= 11 is 6.05. The van der Waals surface area contributed by atoms with Gasteiger partial charge in [0.05, 0.1) is 17.6 Å². The molecule has 0 unspecified atom stereocenters. The van der Waals surface area contributed by atoms with E-state index < -0.39 is 11.4 Å². The van der Waals surface area contributed by atoms with E-state index in [1.165, 1.54) is 16.8 Å². The Morgan fingerprint density at radius 1 is 1.08 bits per heavy atom. The lowest BCUT2D eigenvalue weighted by atomic mass is 10.2. The first-order valence-electron chi connectivity index (χ1n) is 7.55. The van der Waals surface area contributed by atoms with E-state index in [4.69, 9.17) is 11.6 Å². The van der Waals surface area contributed by atoms with E-state index in [1.54, 1.807) is 49.5 Å². The zero-order valence-electron chi connectivity index (χ0n) is 13.1. The van der Waals surface area contributed by atoms with Gasteiger partial charge in [-0.2, -0.15) is 14.9 Å². The van der Waals surface area contributed by atoms with Crippen molar-refractivity contribution < 1.29 is 4.39 Å². The third-order valence-electron chi connectivity index (χ3n) is 3.94. The molecule has 124 valence electrons. The number of rotatable bonds is 2. The van der Waals surface area contributed by atoms with Crippen LogP contribution < -0.4 is 5.56 Å².